The second-order valence-electron chi connectivity index (χ2n) is 4.96. The Morgan fingerprint density at radius 1 is 1.08 bits per heavy atom. The van der Waals surface area contributed by atoms with Gasteiger partial charge in [0.2, 0.25) is 0 Å². The van der Waals surface area contributed by atoms with E-state index in [1.807, 2.05) is 0 Å². The van der Waals surface area contributed by atoms with Gasteiger partial charge in [-0.3, -0.25) is 4.72 Å². The van der Waals surface area contributed by atoms with E-state index < -0.39 is 22.0 Å². The first-order valence-corrected chi connectivity index (χ1v) is 8.28. The van der Waals surface area contributed by atoms with Crippen molar-refractivity contribution >= 4 is 27.6 Å². The molecule has 8 heteroatoms. The molecule has 0 heterocycles. The normalized spacial score (nSPS) is 10.9. The molecule has 0 aliphatic rings. The predicted octanol–water partition coefficient (Wildman–Crippen LogP) is 2.28. The van der Waals surface area contributed by atoms with Gasteiger partial charge in [0.1, 0.15) is 0 Å². The number of sulfonamides is 1. The number of hydrogen-bond donors (Lipinski definition) is 2. The lowest BCUT2D eigenvalue weighted by Crippen LogP contribution is -2.16. The Balaban J connectivity index is 2.42. The summed E-state index contributed by atoms with van der Waals surface area (Å²) in [6, 6.07) is 9.59. The van der Waals surface area contributed by atoms with Crippen LogP contribution in [0.3, 0.4) is 0 Å². The van der Waals surface area contributed by atoms with E-state index in [2.05, 4.69) is 9.46 Å². The molecule has 0 spiro atoms. The second-order valence-corrected chi connectivity index (χ2v) is 6.61. The van der Waals surface area contributed by atoms with Crippen molar-refractivity contribution in [3.8, 4) is 0 Å². The second kappa shape index (κ2) is 6.71. The number of aromatic carboxylic acids is 1. The third-order valence-corrected chi connectivity index (χ3v) is 4.78. The maximum Gasteiger partial charge on any atom is 0.337 e. The minimum absolute atomic E-state index is 0.0461. The molecule has 0 unspecified atom stereocenters. The molecule has 2 aromatic carbocycles. The minimum atomic E-state index is -4.00. The van der Waals surface area contributed by atoms with E-state index in [9.17, 15) is 18.0 Å². The van der Waals surface area contributed by atoms with Crippen LogP contribution in [0.1, 0.15) is 26.3 Å². The molecular formula is C16H15NO6S. The first kappa shape index (κ1) is 17.5. The molecule has 2 rings (SSSR count). The monoisotopic (exact) mass is 349 g/mol. The van der Waals surface area contributed by atoms with E-state index >= 15 is 0 Å². The van der Waals surface area contributed by atoms with Crippen molar-refractivity contribution in [3.05, 3.63) is 59.2 Å². The third kappa shape index (κ3) is 3.72. The highest BCUT2D eigenvalue weighted by Crippen LogP contribution is 2.22. The van der Waals surface area contributed by atoms with Crippen molar-refractivity contribution in [2.45, 2.75) is 11.8 Å². The van der Waals surface area contributed by atoms with E-state index in [4.69, 9.17) is 5.11 Å². The molecule has 0 radical (unpaired) electrons. The van der Waals surface area contributed by atoms with E-state index in [1.54, 1.807) is 6.92 Å². The maximum absolute atomic E-state index is 12.6. The van der Waals surface area contributed by atoms with Crippen molar-refractivity contribution in [3.63, 3.8) is 0 Å². The predicted molar refractivity (Wildman–Crippen MR) is 86.7 cm³/mol. The van der Waals surface area contributed by atoms with Gasteiger partial charge in [0.15, 0.2) is 0 Å². The molecule has 2 N–H and O–H groups in total. The summed E-state index contributed by atoms with van der Waals surface area (Å²) < 4.78 is 32.0. The number of esters is 1. The average Bonchev–Trinajstić information content (AvgIpc) is 2.54. The molecule has 0 aliphatic carbocycles. The van der Waals surface area contributed by atoms with Gasteiger partial charge in [-0.05, 0) is 42.8 Å². The molecule has 0 aliphatic heterocycles. The molecule has 0 saturated carbocycles. The molecule has 0 saturated heterocycles. The fourth-order valence-electron chi connectivity index (χ4n) is 2.06. The molecular weight excluding hydrogens is 334 g/mol. The highest BCUT2D eigenvalue weighted by Gasteiger charge is 2.20. The summed E-state index contributed by atoms with van der Waals surface area (Å²) in [5, 5.41) is 8.96. The van der Waals surface area contributed by atoms with Gasteiger partial charge < -0.3 is 9.84 Å². The van der Waals surface area contributed by atoms with Crippen LogP contribution in [0.15, 0.2) is 47.4 Å². The van der Waals surface area contributed by atoms with Gasteiger partial charge in [-0.2, -0.15) is 0 Å². The zero-order valence-electron chi connectivity index (χ0n) is 12.9. The van der Waals surface area contributed by atoms with Crippen molar-refractivity contribution < 1.29 is 27.9 Å². The Bertz CT molecular complexity index is 905. The average molecular weight is 349 g/mol. The summed E-state index contributed by atoms with van der Waals surface area (Å²) in [4.78, 5) is 22.5. The quantitative estimate of drug-likeness (QED) is 0.802. The number of aryl methyl sites for hydroxylation is 1. The Hall–Kier alpha value is -2.87. The van der Waals surface area contributed by atoms with Crippen LogP contribution in [0, 0.1) is 6.92 Å². The summed E-state index contributed by atoms with van der Waals surface area (Å²) in [6.45, 7) is 1.59. The van der Waals surface area contributed by atoms with E-state index in [0.717, 1.165) is 0 Å². The van der Waals surface area contributed by atoms with Crippen molar-refractivity contribution in [1.29, 1.82) is 0 Å². The van der Waals surface area contributed by atoms with Gasteiger partial charge in [0.05, 0.1) is 23.1 Å². The zero-order valence-corrected chi connectivity index (χ0v) is 13.8. The van der Waals surface area contributed by atoms with Crippen LogP contribution in [-0.4, -0.2) is 32.6 Å². The van der Waals surface area contributed by atoms with Crippen LogP contribution >= 0.6 is 0 Å². The van der Waals surface area contributed by atoms with Crippen LogP contribution < -0.4 is 4.72 Å². The number of carbonyl (C=O) groups excluding carboxylic acids is 1. The lowest BCUT2D eigenvalue weighted by Gasteiger charge is -2.12. The topological polar surface area (TPSA) is 110 Å². The Morgan fingerprint density at radius 3 is 2.42 bits per heavy atom. The first-order chi connectivity index (χ1) is 11.2. The van der Waals surface area contributed by atoms with Gasteiger partial charge in [-0.1, -0.05) is 12.1 Å². The van der Waals surface area contributed by atoms with Crippen LogP contribution in [0.4, 0.5) is 5.69 Å². The highest BCUT2D eigenvalue weighted by atomic mass is 32.2. The van der Waals surface area contributed by atoms with Gasteiger partial charge in [-0.25, -0.2) is 18.0 Å². The number of nitrogens with one attached hydrogen (secondary N) is 1. The van der Waals surface area contributed by atoms with Crippen LogP contribution in [0.25, 0.3) is 0 Å². The minimum Gasteiger partial charge on any atom is -0.478 e. The van der Waals surface area contributed by atoms with Crippen molar-refractivity contribution in [2.24, 2.45) is 0 Å². The highest BCUT2D eigenvalue weighted by molar-refractivity contribution is 7.92. The molecule has 126 valence electrons. The van der Waals surface area contributed by atoms with Gasteiger partial charge in [-0.15, -0.1) is 0 Å². The number of methoxy groups -OCH3 is 1. The number of carboxylic acids is 1. The van der Waals surface area contributed by atoms with Crippen LogP contribution in [-0.2, 0) is 14.8 Å². The molecule has 0 amide bonds. The first-order valence-electron chi connectivity index (χ1n) is 6.80. The Morgan fingerprint density at radius 2 is 1.79 bits per heavy atom. The molecule has 0 atom stereocenters. The smallest absolute Gasteiger partial charge is 0.337 e. The fourth-order valence-corrected chi connectivity index (χ4v) is 3.38. The van der Waals surface area contributed by atoms with E-state index in [-0.39, 0.29) is 21.7 Å². The van der Waals surface area contributed by atoms with Gasteiger partial charge in [0.25, 0.3) is 10.0 Å². The summed E-state index contributed by atoms with van der Waals surface area (Å²) in [7, 11) is -2.80. The SMILES string of the molecule is COC(=O)c1ccc(C)c(S(=O)(=O)Nc2cccc(C(=O)O)c2)c1. The number of carbonyl (C=O) groups is 2. The third-order valence-electron chi connectivity index (χ3n) is 3.26. The molecule has 7 nitrogen and oxygen atoms in total. The Labute approximate surface area is 138 Å². The number of rotatable bonds is 5. The summed E-state index contributed by atoms with van der Waals surface area (Å²) in [5.41, 5.74) is 0.598. The van der Waals surface area contributed by atoms with E-state index in [0.29, 0.717) is 5.56 Å². The Kier molecular flexibility index (Phi) is 4.89. The van der Waals surface area contributed by atoms with Crippen LogP contribution in [0.2, 0.25) is 0 Å². The standard InChI is InChI=1S/C16H15NO6S/c1-10-6-7-12(16(20)23-2)9-14(10)24(21,22)17-13-5-3-4-11(8-13)15(18)19/h3-9,17H,1-2H3,(H,18,19). The summed E-state index contributed by atoms with van der Waals surface area (Å²) >= 11 is 0. The fraction of sp³-hybridized carbons (Fsp3) is 0.125. The maximum atomic E-state index is 12.6. The van der Waals surface area contributed by atoms with Gasteiger partial charge >= 0.3 is 11.9 Å². The zero-order chi connectivity index (χ0) is 17.9. The van der Waals surface area contributed by atoms with Crippen molar-refractivity contribution in [2.75, 3.05) is 11.8 Å². The van der Waals surface area contributed by atoms with E-state index in [1.165, 1.54) is 49.6 Å². The largest absolute Gasteiger partial charge is 0.478 e. The van der Waals surface area contributed by atoms with Gasteiger partial charge in [0, 0.05) is 5.69 Å². The lowest BCUT2D eigenvalue weighted by atomic mass is 10.1. The van der Waals surface area contributed by atoms with Crippen LogP contribution in [0.5, 0.6) is 0 Å². The number of anilines is 1. The summed E-state index contributed by atoms with van der Waals surface area (Å²) in [5.74, 6) is -1.82. The molecule has 0 aromatic heterocycles. The molecule has 2 aromatic rings. The number of ether oxygens (including phenoxy) is 1. The molecule has 0 fully saturated rings. The van der Waals surface area contributed by atoms with Crippen molar-refractivity contribution in [1.82, 2.24) is 0 Å². The number of benzene rings is 2. The number of hydrogen-bond acceptors (Lipinski definition) is 5. The molecule has 0 bridgehead atoms. The lowest BCUT2D eigenvalue weighted by molar-refractivity contribution is 0.0599. The summed E-state index contributed by atoms with van der Waals surface area (Å²) in [6.07, 6.45) is 0. The molecule has 24 heavy (non-hydrogen) atoms. The number of carboxylic acid groups (broad SMARTS) is 1.